The molecule has 2 heterocycles. The minimum Gasteiger partial charge on any atom is -0.480 e. The number of aliphatic imine (C=N–C) groups is 1. The number of halogens is 2. The van der Waals surface area contributed by atoms with Gasteiger partial charge in [0, 0.05) is 28.1 Å². The van der Waals surface area contributed by atoms with Gasteiger partial charge in [0.15, 0.2) is 11.6 Å². The molecule has 2 atom stereocenters. The topological polar surface area (TPSA) is 120 Å². The number of nitrogens with two attached hydrogens (primary N) is 1. The molecule has 1 aromatic carbocycles. The van der Waals surface area contributed by atoms with Crippen LogP contribution in [0.4, 0.5) is 14.5 Å². The molecule has 2 unspecified atom stereocenters. The van der Waals surface area contributed by atoms with E-state index in [1.807, 2.05) is 0 Å². The smallest absolute Gasteiger partial charge is 0.275 e. The maximum absolute atomic E-state index is 14.4. The summed E-state index contributed by atoms with van der Waals surface area (Å²) >= 11 is 0. The molecule has 0 radical (unpaired) electrons. The Kier molecular flexibility index (Phi) is 5.60. The van der Waals surface area contributed by atoms with Crippen LogP contribution in [0.15, 0.2) is 29.5 Å². The van der Waals surface area contributed by atoms with Crippen LogP contribution < -0.4 is 15.8 Å². The number of benzene rings is 1. The lowest BCUT2D eigenvalue weighted by atomic mass is 10.1. The Morgan fingerprint density at radius 3 is 2.62 bits per heavy atom. The van der Waals surface area contributed by atoms with E-state index >= 15 is 0 Å². The first-order valence-electron chi connectivity index (χ1n) is 8.52. The number of carbonyl (C=O) groups excluding carboxylic acids is 1. The molecule has 0 saturated heterocycles. The van der Waals surface area contributed by atoms with E-state index in [4.69, 9.17) is 10.5 Å². The van der Waals surface area contributed by atoms with Gasteiger partial charge >= 0.3 is 0 Å². The Morgan fingerprint density at radius 1 is 1.31 bits per heavy atom. The number of methoxy groups -OCH3 is 1. The summed E-state index contributed by atoms with van der Waals surface area (Å²) in [5.41, 5.74) is 5.69. The van der Waals surface area contributed by atoms with Crippen molar-refractivity contribution in [3.8, 4) is 5.88 Å². The Hall–Kier alpha value is -2.95. The quantitative estimate of drug-likeness (QED) is 0.776. The van der Waals surface area contributed by atoms with E-state index in [0.29, 0.717) is 0 Å². The van der Waals surface area contributed by atoms with E-state index in [1.54, 1.807) is 13.8 Å². The van der Waals surface area contributed by atoms with Crippen molar-refractivity contribution in [2.24, 2.45) is 10.7 Å². The highest BCUT2D eigenvalue weighted by Gasteiger charge is 2.38. The van der Waals surface area contributed by atoms with Crippen LogP contribution >= 0.6 is 0 Å². The number of aromatic nitrogens is 2. The molecule has 3 rings (SSSR count). The standard InChI is InChI=1S/C18H19F2N5O3S/c1-18(2)17(21)25-13(8-29(18)27)10-4-9(5-11(19)15(10)20)24-16(26)12-6-23-14(28-3)7-22-12/h4-7,13H,8H2,1-3H3,(H2,21,25)(H,24,26). The van der Waals surface area contributed by atoms with Crippen molar-refractivity contribution >= 4 is 28.2 Å². The summed E-state index contributed by atoms with van der Waals surface area (Å²) in [6.07, 6.45) is 2.44. The number of anilines is 1. The highest BCUT2D eigenvalue weighted by molar-refractivity contribution is 7.87. The van der Waals surface area contributed by atoms with Gasteiger partial charge in [0.05, 0.1) is 36.0 Å². The van der Waals surface area contributed by atoms with Crippen molar-refractivity contribution in [2.75, 3.05) is 18.2 Å². The van der Waals surface area contributed by atoms with E-state index in [0.717, 1.165) is 6.07 Å². The van der Waals surface area contributed by atoms with Crippen molar-refractivity contribution < 1.29 is 22.5 Å². The van der Waals surface area contributed by atoms with Crippen molar-refractivity contribution in [1.82, 2.24) is 9.97 Å². The normalized spacial score (nSPS) is 20.7. The maximum Gasteiger partial charge on any atom is 0.275 e. The van der Waals surface area contributed by atoms with Crippen LogP contribution in [0.5, 0.6) is 5.88 Å². The van der Waals surface area contributed by atoms with Gasteiger partial charge in [0.2, 0.25) is 5.88 Å². The third kappa shape index (κ3) is 4.09. The van der Waals surface area contributed by atoms with Crippen LogP contribution in [0.1, 0.15) is 35.9 Å². The Bertz CT molecular complexity index is 1010. The van der Waals surface area contributed by atoms with Crippen LogP contribution in [0.3, 0.4) is 0 Å². The fraction of sp³-hybridized carbons (Fsp3) is 0.333. The number of carbonyl (C=O) groups is 1. The number of amides is 1. The van der Waals surface area contributed by atoms with Crippen molar-refractivity contribution in [1.29, 1.82) is 0 Å². The lowest BCUT2D eigenvalue weighted by molar-refractivity contribution is 0.102. The third-order valence-corrected chi connectivity index (χ3v) is 6.50. The molecule has 1 aliphatic heterocycles. The highest BCUT2D eigenvalue weighted by atomic mass is 32.2. The first kappa shape index (κ1) is 20.8. The zero-order valence-electron chi connectivity index (χ0n) is 15.9. The summed E-state index contributed by atoms with van der Waals surface area (Å²) in [6, 6.07) is 1.14. The second kappa shape index (κ2) is 7.82. The molecule has 0 saturated carbocycles. The average Bonchev–Trinajstić information content (AvgIpc) is 2.68. The highest BCUT2D eigenvalue weighted by Crippen LogP contribution is 2.33. The summed E-state index contributed by atoms with van der Waals surface area (Å²) in [5.74, 6) is -2.69. The molecule has 1 aromatic heterocycles. The molecule has 0 spiro atoms. The van der Waals surface area contributed by atoms with E-state index in [1.165, 1.54) is 25.6 Å². The SMILES string of the molecule is COc1cnc(C(=O)Nc2cc(F)c(F)c(C3CS(=O)C(C)(C)C(N)=N3)c2)cn1. The van der Waals surface area contributed by atoms with Gasteiger partial charge < -0.3 is 15.8 Å². The van der Waals surface area contributed by atoms with Gasteiger partial charge in [-0.05, 0) is 19.9 Å². The summed E-state index contributed by atoms with van der Waals surface area (Å²) < 4.78 is 45.0. The van der Waals surface area contributed by atoms with E-state index in [-0.39, 0.29) is 34.4 Å². The predicted molar refractivity (Wildman–Crippen MR) is 104 cm³/mol. The van der Waals surface area contributed by atoms with E-state index in [2.05, 4.69) is 20.3 Å². The third-order valence-electron chi connectivity index (χ3n) is 4.53. The lowest BCUT2D eigenvalue weighted by Gasteiger charge is -2.31. The fourth-order valence-electron chi connectivity index (χ4n) is 2.65. The zero-order valence-corrected chi connectivity index (χ0v) is 16.7. The fourth-order valence-corrected chi connectivity index (χ4v) is 3.89. The molecule has 29 heavy (non-hydrogen) atoms. The molecule has 0 aliphatic carbocycles. The number of hydrogen-bond acceptors (Lipinski definition) is 7. The molecule has 154 valence electrons. The van der Waals surface area contributed by atoms with Gasteiger partial charge in [-0.15, -0.1) is 0 Å². The van der Waals surface area contributed by atoms with Crippen LogP contribution in [0, 0.1) is 11.6 Å². The predicted octanol–water partition coefficient (Wildman–Crippen LogP) is 1.95. The zero-order chi connectivity index (χ0) is 21.3. The van der Waals surface area contributed by atoms with Crippen LogP contribution in [0.2, 0.25) is 0 Å². The number of hydrogen-bond donors (Lipinski definition) is 2. The van der Waals surface area contributed by atoms with Gasteiger partial charge in [0.25, 0.3) is 5.91 Å². The molecule has 0 bridgehead atoms. The lowest BCUT2D eigenvalue weighted by Crippen LogP contribution is -2.47. The second-order valence-electron chi connectivity index (χ2n) is 6.81. The molecular weight excluding hydrogens is 404 g/mol. The summed E-state index contributed by atoms with van der Waals surface area (Å²) in [5, 5.41) is 2.44. The van der Waals surface area contributed by atoms with Crippen molar-refractivity contribution in [3.63, 3.8) is 0 Å². The minimum atomic E-state index is -1.44. The first-order valence-corrected chi connectivity index (χ1v) is 9.84. The number of ether oxygens (including phenoxy) is 1. The molecule has 0 fully saturated rings. The number of nitrogens with one attached hydrogen (secondary N) is 1. The average molecular weight is 423 g/mol. The Morgan fingerprint density at radius 2 is 2.03 bits per heavy atom. The monoisotopic (exact) mass is 423 g/mol. The first-order chi connectivity index (χ1) is 13.6. The summed E-state index contributed by atoms with van der Waals surface area (Å²) in [6.45, 7) is 3.34. The van der Waals surface area contributed by atoms with Gasteiger partial charge in [-0.3, -0.25) is 14.0 Å². The Labute approximate surface area is 168 Å². The molecule has 2 aromatic rings. The summed E-state index contributed by atoms with van der Waals surface area (Å²) in [4.78, 5) is 24.3. The van der Waals surface area contributed by atoms with Gasteiger partial charge in [-0.2, -0.15) is 0 Å². The van der Waals surface area contributed by atoms with Crippen LogP contribution in [-0.4, -0.2) is 43.5 Å². The largest absolute Gasteiger partial charge is 0.480 e. The van der Waals surface area contributed by atoms with Gasteiger partial charge in [0.1, 0.15) is 11.5 Å². The van der Waals surface area contributed by atoms with E-state index < -0.39 is 39.1 Å². The van der Waals surface area contributed by atoms with Crippen LogP contribution in [0.25, 0.3) is 0 Å². The molecule has 11 heteroatoms. The van der Waals surface area contributed by atoms with Gasteiger partial charge in [-0.25, -0.2) is 18.7 Å². The van der Waals surface area contributed by atoms with Crippen molar-refractivity contribution in [3.05, 3.63) is 47.4 Å². The number of amidine groups is 1. The second-order valence-corrected chi connectivity index (χ2v) is 8.86. The summed E-state index contributed by atoms with van der Waals surface area (Å²) in [7, 11) is -0.0348. The van der Waals surface area contributed by atoms with E-state index in [9.17, 15) is 17.8 Å². The molecule has 1 amide bonds. The number of nitrogens with zero attached hydrogens (tertiary/aromatic N) is 3. The molecule has 8 nitrogen and oxygen atoms in total. The molecule has 3 N–H and O–H groups in total. The minimum absolute atomic E-state index is 0.00842. The Balaban J connectivity index is 1.91. The van der Waals surface area contributed by atoms with Gasteiger partial charge in [-0.1, -0.05) is 0 Å². The number of rotatable bonds is 4. The molecular formula is C18H19F2N5O3S. The van der Waals surface area contributed by atoms with Crippen molar-refractivity contribution in [2.45, 2.75) is 24.6 Å². The maximum atomic E-state index is 14.4. The van der Waals surface area contributed by atoms with Crippen LogP contribution in [-0.2, 0) is 10.8 Å². The molecule has 1 aliphatic rings.